The molecule has 0 fully saturated rings. The maximum absolute atomic E-state index is 5.52. The minimum Gasteiger partial charge on any atom is -0.475 e. The van der Waals surface area contributed by atoms with Crippen LogP contribution >= 0.6 is 11.3 Å². The highest BCUT2D eigenvalue weighted by Gasteiger charge is 2.03. The zero-order chi connectivity index (χ0) is 13.7. The smallest absolute Gasteiger partial charge is 0.225 e. The van der Waals surface area contributed by atoms with E-state index in [1.54, 1.807) is 23.6 Å². The van der Waals surface area contributed by atoms with Gasteiger partial charge >= 0.3 is 0 Å². The molecule has 2 rings (SSSR count). The Morgan fingerprint density at radius 1 is 1.37 bits per heavy atom. The summed E-state index contributed by atoms with van der Waals surface area (Å²) in [6.45, 7) is 6.71. The number of aryl methyl sites for hydroxylation is 1. The van der Waals surface area contributed by atoms with Crippen LogP contribution in [0.2, 0.25) is 0 Å². The van der Waals surface area contributed by atoms with Gasteiger partial charge in [-0.1, -0.05) is 0 Å². The highest BCUT2D eigenvalue weighted by molar-refractivity contribution is 7.09. The molecule has 1 N–H and O–H groups in total. The second-order valence-electron chi connectivity index (χ2n) is 4.44. The Hall–Kier alpha value is -1.69. The molecule has 0 aliphatic rings. The highest BCUT2D eigenvalue weighted by Crippen LogP contribution is 2.11. The van der Waals surface area contributed by atoms with Gasteiger partial charge in [0, 0.05) is 36.3 Å². The van der Waals surface area contributed by atoms with E-state index >= 15 is 0 Å². The molecule has 19 heavy (non-hydrogen) atoms. The number of aromatic nitrogens is 3. The fourth-order valence-corrected chi connectivity index (χ4v) is 2.31. The maximum Gasteiger partial charge on any atom is 0.225 e. The Labute approximate surface area is 117 Å². The van der Waals surface area contributed by atoms with Crippen LogP contribution in [0.1, 0.15) is 24.5 Å². The maximum atomic E-state index is 5.52. The van der Waals surface area contributed by atoms with E-state index in [-0.39, 0.29) is 6.10 Å². The molecule has 0 atom stereocenters. The minimum absolute atomic E-state index is 0.112. The second-order valence-corrected chi connectivity index (χ2v) is 5.39. The molecule has 0 radical (unpaired) electrons. The molecular weight excluding hydrogens is 260 g/mol. The summed E-state index contributed by atoms with van der Waals surface area (Å²) in [5.74, 6) is 1.18. The first-order valence-corrected chi connectivity index (χ1v) is 7.16. The fourth-order valence-electron chi connectivity index (χ4n) is 1.53. The van der Waals surface area contributed by atoms with Gasteiger partial charge in [-0.3, -0.25) is 0 Å². The predicted octanol–water partition coefficient (Wildman–Crippen LogP) is 2.68. The number of ether oxygens (including phenoxy) is 1. The molecule has 2 aromatic heterocycles. The Bertz CT molecular complexity index is 527. The van der Waals surface area contributed by atoms with Crippen LogP contribution in [-0.2, 0) is 6.42 Å². The third-order valence-corrected chi connectivity index (χ3v) is 3.30. The van der Waals surface area contributed by atoms with Crippen molar-refractivity contribution in [1.29, 1.82) is 0 Å². The molecule has 0 bridgehead atoms. The predicted molar refractivity (Wildman–Crippen MR) is 76.8 cm³/mol. The molecule has 0 aromatic carbocycles. The van der Waals surface area contributed by atoms with Gasteiger partial charge in [0.2, 0.25) is 11.8 Å². The number of rotatable bonds is 6. The number of hydrogen-bond donors (Lipinski definition) is 1. The first kappa shape index (κ1) is 13.7. The molecule has 0 amide bonds. The summed E-state index contributed by atoms with van der Waals surface area (Å²) in [4.78, 5) is 12.9. The summed E-state index contributed by atoms with van der Waals surface area (Å²) in [6.07, 6.45) is 2.68. The molecule has 0 aliphatic carbocycles. The largest absolute Gasteiger partial charge is 0.475 e. The minimum atomic E-state index is 0.112. The number of nitrogens with zero attached hydrogens (tertiary/aromatic N) is 3. The van der Waals surface area contributed by atoms with Crippen molar-refractivity contribution in [3.05, 3.63) is 28.3 Å². The normalized spacial score (nSPS) is 10.7. The lowest BCUT2D eigenvalue weighted by Crippen LogP contribution is -2.11. The van der Waals surface area contributed by atoms with Crippen LogP contribution < -0.4 is 10.1 Å². The molecule has 2 heterocycles. The van der Waals surface area contributed by atoms with Gasteiger partial charge < -0.3 is 10.1 Å². The molecule has 102 valence electrons. The van der Waals surface area contributed by atoms with Crippen molar-refractivity contribution in [1.82, 2.24) is 15.0 Å². The number of anilines is 1. The molecule has 0 saturated carbocycles. The first-order chi connectivity index (χ1) is 9.13. The van der Waals surface area contributed by atoms with Crippen molar-refractivity contribution in [2.24, 2.45) is 0 Å². The third kappa shape index (κ3) is 4.48. The van der Waals surface area contributed by atoms with Gasteiger partial charge in [0.15, 0.2) is 0 Å². The van der Waals surface area contributed by atoms with Crippen molar-refractivity contribution in [3.63, 3.8) is 0 Å². The second kappa shape index (κ2) is 6.47. The summed E-state index contributed by atoms with van der Waals surface area (Å²) in [7, 11) is 0. The third-order valence-electron chi connectivity index (χ3n) is 2.28. The van der Waals surface area contributed by atoms with Crippen molar-refractivity contribution >= 4 is 17.3 Å². The lowest BCUT2D eigenvalue weighted by Gasteiger charge is -2.09. The first-order valence-electron chi connectivity index (χ1n) is 6.28. The van der Waals surface area contributed by atoms with Gasteiger partial charge in [-0.15, -0.1) is 11.3 Å². The average molecular weight is 278 g/mol. The SMILES string of the molecule is Cc1csc(CCNc2nccc(OC(C)C)n2)n1. The van der Waals surface area contributed by atoms with E-state index in [1.165, 1.54) is 0 Å². The molecule has 0 unspecified atom stereocenters. The molecule has 5 nitrogen and oxygen atoms in total. The topological polar surface area (TPSA) is 59.9 Å². The van der Waals surface area contributed by atoms with Crippen molar-refractivity contribution < 1.29 is 4.74 Å². The zero-order valence-corrected chi connectivity index (χ0v) is 12.2. The summed E-state index contributed by atoms with van der Waals surface area (Å²) in [5, 5.41) is 6.36. The zero-order valence-electron chi connectivity index (χ0n) is 11.4. The Balaban J connectivity index is 1.85. The van der Waals surface area contributed by atoms with Crippen LogP contribution in [0.25, 0.3) is 0 Å². The molecule has 0 aliphatic heterocycles. The van der Waals surface area contributed by atoms with E-state index in [0.717, 1.165) is 23.7 Å². The lowest BCUT2D eigenvalue weighted by molar-refractivity contribution is 0.232. The lowest BCUT2D eigenvalue weighted by atomic mass is 10.4. The van der Waals surface area contributed by atoms with E-state index in [9.17, 15) is 0 Å². The summed E-state index contributed by atoms with van der Waals surface area (Å²) < 4.78 is 5.52. The van der Waals surface area contributed by atoms with Gasteiger partial charge in [-0.05, 0) is 20.8 Å². The molecule has 6 heteroatoms. The molecule has 2 aromatic rings. The average Bonchev–Trinajstić information content (AvgIpc) is 2.75. The molecule has 0 saturated heterocycles. The van der Waals surface area contributed by atoms with E-state index in [1.807, 2.05) is 20.8 Å². The quantitative estimate of drug-likeness (QED) is 0.880. The van der Waals surface area contributed by atoms with Crippen LogP contribution in [0.3, 0.4) is 0 Å². The molecular formula is C13H18N4OS. The Morgan fingerprint density at radius 2 is 2.21 bits per heavy atom. The standard InChI is InChI=1S/C13H18N4OS/c1-9(2)18-11-4-6-14-13(17-11)15-7-5-12-16-10(3)8-19-12/h4,6,8-9H,5,7H2,1-3H3,(H,14,15,17). The Morgan fingerprint density at radius 3 is 2.89 bits per heavy atom. The van der Waals surface area contributed by atoms with Crippen molar-refractivity contribution in [3.8, 4) is 5.88 Å². The van der Waals surface area contributed by atoms with E-state index in [2.05, 4.69) is 25.6 Å². The van der Waals surface area contributed by atoms with Gasteiger partial charge in [0.25, 0.3) is 0 Å². The van der Waals surface area contributed by atoms with Gasteiger partial charge in [-0.2, -0.15) is 4.98 Å². The highest BCUT2D eigenvalue weighted by atomic mass is 32.1. The Kier molecular flexibility index (Phi) is 4.68. The van der Waals surface area contributed by atoms with E-state index in [4.69, 9.17) is 4.74 Å². The van der Waals surface area contributed by atoms with Crippen LogP contribution in [0.5, 0.6) is 5.88 Å². The number of nitrogens with one attached hydrogen (secondary N) is 1. The van der Waals surface area contributed by atoms with E-state index < -0.39 is 0 Å². The van der Waals surface area contributed by atoms with Crippen LogP contribution in [0.15, 0.2) is 17.6 Å². The number of thiazole rings is 1. The monoisotopic (exact) mass is 278 g/mol. The van der Waals surface area contributed by atoms with Crippen molar-refractivity contribution in [2.45, 2.75) is 33.3 Å². The van der Waals surface area contributed by atoms with E-state index in [0.29, 0.717) is 11.8 Å². The van der Waals surface area contributed by atoms with Crippen LogP contribution in [0.4, 0.5) is 5.95 Å². The summed E-state index contributed by atoms with van der Waals surface area (Å²) in [5.41, 5.74) is 1.07. The van der Waals surface area contributed by atoms with Crippen LogP contribution in [-0.4, -0.2) is 27.6 Å². The van der Waals surface area contributed by atoms with Crippen LogP contribution in [0, 0.1) is 6.92 Å². The van der Waals surface area contributed by atoms with Gasteiger partial charge in [-0.25, -0.2) is 9.97 Å². The fraction of sp³-hybridized carbons (Fsp3) is 0.462. The number of hydrogen-bond acceptors (Lipinski definition) is 6. The summed E-state index contributed by atoms with van der Waals surface area (Å²) in [6, 6.07) is 1.76. The summed E-state index contributed by atoms with van der Waals surface area (Å²) >= 11 is 1.68. The van der Waals surface area contributed by atoms with Gasteiger partial charge in [0.1, 0.15) is 0 Å². The van der Waals surface area contributed by atoms with Crippen molar-refractivity contribution in [2.75, 3.05) is 11.9 Å². The van der Waals surface area contributed by atoms with Gasteiger partial charge in [0.05, 0.1) is 11.1 Å². The molecule has 0 spiro atoms.